The maximum Gasteiger partial charge on any atom is 0.255 e. The normalized spacial score (nSPS) is 10.0. The first kappa shape index (κ1) is 11.9. The number of carbonyl (C=O) groups excluding carboxylic acids is 1. The average molecular weight is 290 g/mol. The fourth-order valence-corrected chi connectivity index (χ4v) is 2.21. The zero-order valence-electron chi connectivity index (χ0n) is 9.41. The van der Waals surface area contributed by atoms with E-state index in [4.69, 9.17) is 0 Å². The standard InChI is InChI=1S/C14H12BrNO/c1-10-7-12(15)9-13(8-10)16-14(17)11-5-3-2-4-6-11/h2-9H,1H3,(H,16,17). The van der Waals surface area contributed by atoms with Gasteiger partial charge in [-0.2, -0.15) is 0 Å². The monoisotopic (exact) mass is 289 g/mol. The predicted molar refractivity (Wildman–Crippen MR) is 73.3 cm³/mol. The van der Waals surface area contributed by atoms with Gasteiger partial charge in [-0.25, -0.2) is 0 Å². The van der Waals surface area contributed by atoms with Gasteiger partial charge >= 0.3 is 0 Å². The lowest BCUT2D eigenvalue weighted by Gasteiger charge is -2.06. The highest BCUT2D eigenvalue weighted by atomic mass is 79.9. The fourth-order valence-electron chi connectivity index (χ4n) is 1.60. The topological polar surface area (TPSA) is 29.1 Å². The molecule has 1 N–H and O–H groups in total. The molecule has 0 aliphatic carbocycles. The highest BCUT2D eigenvalue weighted by Gasteiger charge is 2.05. The first-order valence-electron chi connectivity index (χ1n) is 5.29. The van der Waals surface area contributed by atoms with Gasteiger partial charge in [-0.15, -0.1) is 0 Å². The molecule has 2 aromatic rings. The Kier molecular flexibility index (Phi) is 3.59. The van der Waals surface area contributed by atoms with Crippen LogP contribution in [-0.2, 0) is 0 Å². The summed E-state index contributed by atoms with van der Waals surface area (Å²) in [6.07, 6.45) is 0. The molecule has 2 nitrogen and oxygen atoms in total. The molecule has 0 aliphatic rings. The van der Waals surface area contributed by atoms with E-state index in [0.29, 0.717) is 5.56 Å². The molecular formula is C14H12BrNO. The van der Waals surface area contributed by atoms with Crippen LogP contribution in [0, 0.1) is 6.92 Å². The van der Waals surface area contributed by atoms with Crippen LogP contribution in [0.3, 0.4) is 0 Å². The summed E-state index contributed by atoms with van der Waals surface area (Å²) in [5.41, 5.74) is 2.55. The molecule has 2 aromatic carbocycles. The zero-order valence-corrected chi connectivity index (χ0v) is 11.0. The Bertz CT molecular complexity index is 517. The first-order chi connectivity index (χ1) is 8.15. The minimum atomic E-state index is -0.0944. The Balaban J connectivity index is 2.19. The van der Waals surface area contributed by atoms with Crippen LogP contribution in [0.25, 0.3) is 0 Å². The Morgan fingerprint density at radius 2 is 1.82 bits per heavy atom. The van der Waals surface area contributed by atoms with E-state index >= 15 is 0 Å². The predicted octanol–water partition coefficient (Wildman–Crippen LogP) is 4.01. The molecule has 0 bridgehead atoms. The molecular weight excluding hydrogens is 278 g/mol. The van der Waals surface area contributed by atoms with Gasteiger partial charge in [0.05, 0.1) is 0 Å². The summed E-state index contributed by atoms with van der Waals surface area (Å²) in [5.74, 6) is -0.0944. The molecule has 0 saturated carbocycles. The van der Waals surface area contributed by atoms with Gasteiger partial charge in [-0.05, 0) is 42.8 Å². The van der Waals surface area contributed by atoms with Crippen molar-refractivity contribution in [2.75, 3.05) is 5.32 Å². The number of nitrogens with one attached hydrogen (secondary N) is 1. The number of hydrogen-bond donors (Lipinski definition) is 1. The third kappa shape index (κ3) is 3.17. The van der Waals surface area contributed by atoms with E-state index in [1.807, 2.05) is 43.3 Å². The van der Waals surface area contributed by atoms with Gasteiger partial charge in [-0.3, -0.25) is 4.79 Å². The highest BCUT2D eigenvalue weighted by Crippen LogP contribution is 2.19. The highest BCUT2D eigenvalue weighted by molar-refractivity contribution is 9.10. The van der Waals surface area contributed by atoms with E-state index < -0.39 is 0 Å². The van der Waals surface area contributed by atoms with Crippen molar-refractivity contribution in [1.82, 2.24) is 0 Å². The average Bonchev–Trinajstić information content (AvgIpc) is 2.28. The van der Waals surface area contributed by atoms with Crippen molar-refractivity contribution in [1.29, 1.82) is 0 Å². The van der Waals surface area contributed by atoms with Gasteiger partial charge in [-0.1, -0.05) is 34.1 Å². The zero-order chi connectivity index (χ0) is 12.3. The largest absolute Gasteiger partial charge is 0.322 e. The molecule has 0 fully saturated rings. The van der Waals surface area contributed by atoms with E-state index in [2.05, 4.69) is 21.2 Å². The summed E-state index contributed by atoms with van der Waals surface area (Å²) in [6.45, 7) is 1.99. The van der Waals surface area contributed by atoms with Crippen LogP contribution in [0.1, 0.15) is 15.9 Å². The minimum absolute atomic E-state index is 0.0944. The maximum atomic E-state index is 11.9. The van der Waals surface area contributed by atoms with Crippen LogP contribution in [0.4, 0.5) is 5.69 Å². The second kappa shape index (κ2) is 5.15. The first-order valence-corrected chi connectivity index (χ1v) is 6.08. The molecule has 0 heterocycles. The van der Waals surface area contributed by atoms with Crippen LogP contribution in [0.5, 0.6) is 0 Å². The van der Waals surface area contributed by atoms with Crippen molar-refractivity contribution in [3.63, 3.8) is 0 Å². The van der Waals surface area contributed by atoms with Crippen LogP contribution < -0.4 is 5.32 Å². The fraction of sp³-hybridized carbons (Fsp3) is 0.0714. The van der Waals surface area contributed by atoms with Gasteiger partial charge in [0.15, 0.2) is 0 Å². The quantitative estimate of drug-likeness (QED) is 0.889. The van der Waals surface area contributed by atoms with Gasteiger partial charge in [0.2, 0.25) is 0 Å². The molecule has 17 heavy (non-hydrogen) atoms. The van der Waals surface area contributed by atoms with Crippen molar-refractivity contribution >= 4 is 27.5 Å². The molecule has 0 aromatic heterocycles. The number of aryl methyl sites for hydroxylation is 1. The van der Waals surface area contributed by atoms with Crippen molar-refractivity contribution in [3.8, 4) is 0 Å². The Morgan fingerprint density at radius 1 is 1.12 bits per heavy atom. The summed E-state index contributed by atoms with van der Waals surface area (Å²) in [4.78, 5) is 11.9. The molecule has 0 spiro atoms. The summed E-state index contributed by atoms with van der Waals surface area (Å²) >= 11 is 3.41. The molecule has 0 atom stereocenters. The van der Waals surface area contributed by atoms with Gasteiger partial charge < -0.3 is 5.32 Å². The Labute approximate surface area is 109 Å². The number of halogens is 1. The SMILES string of the molecule is Cc1cc(Br)cc(NC(=O)c2ccccc2)c1. The molecule has 0 saturated heterocycles. The molecule has 1 amide bonds. The molecule has 0 radical (unpaired) electrons. The lowest BCUT2D eigenvalue weighted by atomic mass is 10.2. The van der Waals surface area contributed by atoms with Gasteiger partial charge in [0.25, 0.3) is 5.91 Å². The van der Waals surface area contributed by atoms with E-state index in [0.717, 1.165) is 15.7 Å². The van der Waals surface area contributed by atoms with Crippen LogP contribution in [0.2, 0.25) is 0 Å². The van der Waals surface area contributed by atoms with Crippen LogP contribution >= 0.6 is 15.9 Å². The summed E-state index contributed by atoms with van der Waals surface area (Å²) in [5, 5.41) is 2.87. The van der Waals surface area contributed by atoms with E-state index in [1.54, 1.807) is 12.1 Å². The van der Waals surface area contributed by atoms with Crippen molar-refractivity contribution in [3.05, 3.63) is 64.1 Å². The third-order valence-electron chi connectivity index (χ3n) is 2.34. The smallest absolute Gasteiger partial charge is 0.255 e. The number of carbonyl (C=O) groups is 1. The number of anilines is 1. The molecule has 86 valence electrons. The Morgan fingerprint density at radius 3 is 2.47 bits per heavy atom. The third-order valence-corrected chi connectivity index (χ3v) is 2.79. The number of benzene rings is 2. The number of hydrogen-bond acceptors (Lipinski definition) is 1. The second-order valence-corrected chi connectivity index (χ2v) is 4.75. The van der Waals surface area contributed by atoms with Gasteiger partial charge in [0.1, 0.15) is 0 Å². The second-order valence-electron chi connectivity index (χ2n) is 3.84. The van der Waals surface area contributed by atoms with Gasteiger partial charge in [0, 0.05) is 15.7 Å². The summed E-state index contributed by atoms with van der Waals surface area (Å²) in [7, 11) is 0. The summed E-state index contributed by atoms with van der Waals surface area (Å²) < 4.78 is 0.959. The molecule has 0 aliphatic heterocycles. The van der Waals surface area contributed by atoms with E-state index in [1.165, 1.54) is 0 Å². The number of amides is 1. The lowest BCUT2D eigenvalue weighted by Crippen LogP contribution is -2.11. The van der Waals surface area contributed by atoms with Crippen molar-refractivity contribution in [2.24, 2.45) is 0 Å². The summed E-state index contributed by atoms with van der Waals surface area (Å²) in [6, 6.07) is 15.0. The molecule has 2 rings (SSSR count). The Hall–Kier alpha value is -1.61. The van der Waals surface area contributed by atoms with Crippen molar-refractivity contribution in [2.45, 2.75) is 6.92 Å². The minimum Gasteiger partial charge on any atom is -0.322 e. The maximum absolute atomic E-state index is 11.9. The van der Waals surface area contributed by atoms with E-state index in [9.17, 15) is 4.79 Å². The lowest BCUT2D eigenvalue weighted by molar-refractivity contribution is 0.102. The molecule has 3 heteroatoms. The van der Waals surface area contributed by atoms with Crippen LogP contribution in [-0.4, -0.2) is 5.91 Å². The number of rotatable bonds is 2. The van der Waals surface area contributed by atoms with Crippen molar-refractivity contribution < 1.29 is 4.79 Å². The van der Waals surface area contributed by atoms with Crippen LogP contribution in [0.15, 0.2) is 53.0 Å². The van der Waals surface area contributed by atoms with E-state index in [-0.39, 0.29) is 5.91 Å². The molecule has 0 unspecified atom stereocenters.